The van der Waals surface area contributed by atoms with E-state index >= 15 is 0 Å². The Labute approximate surface area is 149 Å². The lowest BCUT2D eigenvalue weighted by Gasteiger charge is -2.15. The standard InChI is InChI=1S/C17H19ClFN3O3/c1-10(25-14-7-6-12(19)8-13(14)18)17-20-16(11-4-2-3-5-11)21-22(17)9-15(23)24/h6-8,10-11H,2-5,9H2,1H3,(H,23,24). The monoisotopic (exact) mass is 367 g/mol. The van der Waals surface area contributed by atoms with Crippen LogP contribution in [0.4, 0.5) is 4.39 Å². The fraction of sp³-hybridized carbons (Fsp3) is 0.471. The smallest absolute Gasteiger partial charge is 0.325 e. The number of benzene rings is 1. The topological polar surface area (TPSA) is 77.2 Å². The third-order valence-electron chi connectivity index (χ3n) is 4.28. The molecule has 3 rings (SSSR count). The highest BCUT2D eigenvalue weighted by molar-refractivity contribution is 6.32. The predicted octanol–water partition coefficient (Wildman–Crippen LogP) is 3.95. The average Bonchev–Trinajstić information content (AvgIpc) is 3.18. The summed E-state index contributed by atoms with van der Waals surface area (Å²) in [5.74, 6) is 0.191. The van der Waals surface area contributed by atoms with Gasteiger partial charge in [-0.1, -0.05) is 24.4 Å². The Kier molecular flexibility index (Phi) is 5.22. The van der Waals surface area contributed by atoms with E-state index in [-0.39, 0.29) is 17.5 Å². The molecule has 0 bridgehead atoms. The van der Waals surface area contributed by atoms with Crippen LogP contribution in [0, 0.1) is 5.82 Å². The number of ether oxygens (including phenoxy) is 1. The molecule has 1 unspecified atom stereocenters. The quantitative estimate of drug-likeness (QED) is 0.836. The molecule has 1 aliphatic carbocycles. The second-order valence-electron chi connectivity index (χ2n) is 6.20. The normalized spacial score (nSPS) is 16.1. The highest BCUT2D eigenvalue weighted by atomic mass is 35.5. The van der Waals surface area contributed by atoms with E-state index < -0.39 is 17.9 Å². The fourth-order valence-corrected chi connectivity index (χ4v) is 3.30. The van der Waals surface area contributed by atoms with Crippen molar-refractivity contribution in [3.8, 4) is 5.75 Å². The van der Waals surface area contributed by atoms with Gasteiger partial charge in [0.2, 0.25) is 0 Å². The lowest BCUT2D eigenvalue weighted by molar-refractivity contribution is -0.138. The van der Waals surface area contributed by atoms with Crippen LogP contribution in [-0.2, 0) is 11.3 Å². The van der Waals surface area contributed by atoms with E-state index in [1.165, 1.54) is 16.8 Å². The van der Waals surface area contributed by atoms with Gasteiger partial charge in [0, 0.05) is 5.92 Å². The largest absolute Gasteiger partial charge is 0.481 e. The summed E-state index contributed by atoms with van der Waals surface area (Å²) in [6, 6.07) is 3.85. The molecule has 6 nitrogen and oxygen atoms in total. The first-order valence-corrected chi connectivity index (χ1v) is 8.60. The highest BCUT2D eigenvalue weighted by Gasteiger charge is 2.26. The minimum Gasteiger partial charge on any atom is -0.481 e. The van der Waals surface area contributed by atoms with Crippen LogP contribution in [0.2, 0.25) is 5.02 Å². The van der Waals surface area contributed by atoms with Crippen LogP contribution in [0.3, 0.4) is 0 Å². The van der Waals surface area contributed by atoms with Gasteiger partial charge >= 0.3 is 5.97 Å². The number of halogens is 2. The van der Waals surface area contributed by atoms with E-state index in [2.05, 4.69) is 10.1 Å². The van der Waals surface area contributed by atoms with Crippen LogP contribution in [0.15, 0.2) is 18.2 Å². The molecule has 25 heavy (non-hydrogen) atoms. The molecule has 134 valence electrons. The van der Waals surface area contributed by atoms with Crippen molar-refractivity contribution in [2.24, 2.45) is 0 Å². The van der Waals surface area contributed by atoms with E-state index in [9.17, 15) is 9.18 Å². The van der Waals surface area contributed by atoms with Crippen molar-refractivity contribution in [2.75, 3.05) is 0 Å². The van der Waals surface area contributed by atoms with Crippen molar-refractivity contribution in [2.45, 2.75) is 51.2 Å². The molecule has 1 aromatic heterocycles. The number of hydrogen-bond acceptors (Lipinski definition) is 4. The molecule has 0 spiro atoms. The fourth-order valence-electron chi connectivity index (χ4n) is 3.09. The zero-order valence-corrected chi connectivity index (χ0v) is 14.5. The molecule has 2 aromatic rings. The Bertz CT molecular complexity index is 774. The summed E-state index contributed by atoms with van der Waals surface area (Å²) in [6.45, 7) is 1.44. The summed E-state index contributed by atoms with van der Waals surface area (Å²) in [5, 5.41) is 13.6. The van der Waals surface area contributed by atoms with Crippen LogP contribution < -0.4 is 4.74 Å². The first kappa shape index (κ1) is 17.7. The summed E-state index contributed by atoms with van der Waals surface area (Å²) in [5.41, 5.74) is 0. The molecule has 1 atom stereocenters. The van der Waals surface area contributed by atoms with Gasteiger partial charge in [0.05, 0.1) is 5.02 Å². The van der Waals surface area contributed by atoms with Gasteiger partial charge < -0.3 is 9.84 Å². The molecule has 8 heteroatoms. The van der Waals surface area contributed by atoms with Crippen molar-refractivity contribution < 1.29 is 19.0 Å². The van der Waals surface area contributed by atoms with E-state index in [0.29, 0.717) is 17.4 Å². The molecular weight excluding hydrogens is 349 g/mol. The molecule has 0 radical (unpaired) electrons. The summed E-state index contributed by atoms with van der Waals surface area (Å²) in [4.78, 5) is 15.7. The minimum atomic E-state index is -1.00. The van der Waals surface area contributed by atoms with Crippen LogP contribution in [0.1, 0.15) is 56.3 Å². The van der Waals surface area contributed by atoms with Crippen molar-refractivity contribution in [1.29, 1.82) is 0 Å². The molecule has 0 amide bonds. The first-order chi connectivity index (χ1) is 11.9. The molecule has 1 aliphatic rings. The van der Waals surface area contributed by atoms with E-state index in [1.807, 2.05) is 0 Å². The van der Waals surface area contributed by atoms with Gasteiger partial charge in [-0.25, -0.2) is 14.1 Å². The number of hydrogen-bond donors (Lipinski definition) is 1. The Morgan fingerprint density at radius 2 is 2.20 bits per heavy atom. The Morgan fingerprint density at radius 3 is 2.84 bits per heavy atom. The van der Waals surface area contributed by atoms with Gasteiger partial charge in [-0.2, -0.15) is 5.10 Å². The third-order valence-corrected chi connectivity index (χ3v) is 4.58. The number of rotatable bonds is 6. The van der Waals surface area contributed by atoms with Crippen LogP contribution in [0.25, 0.3) is 0 Å². The van der Waals surface area contributed by atoms with E-state index in [0.717, 1.165) is 31.7 Å². The SMILES string of the molecule is CC(Oc1ccc(F)cc1Cl)c1nc(C2CCCC2)nn1CC(=O)O. The molecule has 0 saturated heterocycles. The zero-order chi connectivity index (χ0) is 18.0. The lowest BCUT2D eigenvalue weighted by Crippen LogP contribution is -2.17. The molecule has 1 fully saturated rings. The Morgan fingerprint density at radius 1 is 1.48 bits per heavy atom. The van der Waals surface area contributed by atoms with E-state index in [1.54, 1.807) is 6.92 Å². The van der Waals surface area contributed by atoms with Gasteiger partial charge in [0.1, 0.15) is 18.1 Å². The van der Waals surface area contributed by atoms with Crippen LogP contribution in [-0.4, -0.2) is 25.8 Å². The molecular formula is C17H19ClFN3O3. The van der Waals surface area contributed by atoms with Gasteiger partial charge in [-0.05, 0) is 38.0 Å². The minimum absolute atomic E-state index is 0.146. The molecule has 1 aromatic carbocycles. The van der Waals surface area contributed by atoms with Gasteiger partial charge in [0.25, 0.3) is 0 Å². The van der Waals surface area contributed by atoms with Crippen LogP contribution >= 0.6 is 11.6 Å². The highest BCUT2D eigenvalue weighted by Crippen LogP contribution is 2.34. The van der Waals surface area contributed by atoms with Gasteiger partial charge in [-0.15, -0.1) is 0 Å². The second kappa shape index (κ2) is 7.39. The average molecular weight is 368 g/mol. The molecule has 1 N–H and O–H groups in total. The maximum absolute atomic E-state index is 13.2. The van der Waals surface area contributed by atoms with Crippen molar-refractivity contribution in [1.82, 2.24) is 14.8 Å². The molecule has 1 heterocycles. The van der Waals surface area contributed by atoms with Crippen LogP contribution in [0.5, 0.6) is 5.75 Å². The predicted molar refractivity (Wildman–Crippen MR) is 89.3 cm³/mol. The maximum Gasteiger partial charge on any atom is 0.325 e. The summed E-state index contributed by atoms with van der Waals surface area (Å²) < 4.78 is 20.3. The second-order valence-corrected chi connectivity index (χ2v) is 6.60. The first-order valence-electron chi connectivity index (χ1n) is 8.22. The number of carbonyl (C=O) groups is 1. The summed E-state index contributed by atoms with van der Waals surface area (Å²) in [6.07, 6.45) is 3.70. The molecule has 0 aliphatic heterocycles. The van der Waals surface area contributed by atoms with Crippen molar-refractivity contribution >= 4 is 17.6 Å². The Balaban J connectivity index is 1.86. The van der Waals surface area contributed by atoms with Crippen molar-refractivity contribution in [3.05, 3.63) is 40.7 Å². The van der Waals surface area contributed by atoms with Gasteiger partial charge in [0.15, 0.2) is 17.8 Å². The van der Waals surface area contributed by atoms with E-state index in [4.69, 9.17) is 21.4 Å². The zero-order valence-electron chi connectivity index (χ0n) is 13.8. The number of nitrogens with zero attached hydrogens (tertiary/aromatic N) is 3. The van der Waals surface area contributed by atoms with Gasteiger partial charge in [-0.3, -0.25) is 4.79 Å². The summed E-state index contributed by atoms with van der Waals surface area (Å²) >= 11 is 5.99. The number of carboxylic acids is 1. The third kappa shape index (κ3) is 4.10. The Hall–Kier alpha value is -2.15. The number of aliphatic carboxylic acids is 1. The maximum atomic E-state index is 13.2. The number of carboxylic acid groups (broad SMARTS) is 1. The lowest BCUT2D eigenvalue weighted by atomic mass is 10.1. The van der Waals surface area contributed by atoms with Crippen molar-refractivity contribution in [3.63, 3.8) is 0 Å². The summed E-state index contributed by atoms with van der Waals surface area (Å²) in [7, 11) is 0. The number of aromatic nitrogens is 3. The molecule has 1 saturated carbocycles.